The van der Waals surface area contributed by atoms with E-state index in [1.54, 1.807) is 72.8 Å². The van der Waals surface area contributed by atoms with Gasteiger partial charge in [-0.1, -0.05) is 28.1 Å². The van der Waals surface area contributed by atoms with Crippen LogP contribution in [0.5, 0.6) is 5.75 Å². The molecule has 0 aliphatic carbocycles. The van der Waals surface area contributed by atoms with Crippen LogP contribution in [0.4, 0.5) is 5.69 Å². The molecule has 1 atom stereocenters. The van der Waals surface area contributed by atoms with E-state index in [1.807, 2.05) is 6.92 Å². The van der Waals surface area contributed by atoms with Crippen molar-refractivity contribution in [2.24, 2.45) is 0 Å². The standard InChI is InChI=1S/C27H22BrNO6/c1-3-35-21-14-8-17(9-15-21)24(30)22-23(16-4-6-18(7-5-16)27(33)34-2)29(26(32)25(22)31)20-12-10-19(28)11-13-20/h4-15,23,30H,3H2,1-2H3. The van der Waals surface area contributed by atoms with Gasteiger partial charge in [0.25, 0.3) is 11.7 Å². The summed E-state index contributed by atoms with van der Waals surface area (Å²) in [6, 6.07) is 19.1. The van der Waals surface area contributed by atoms with Crippen LogP contribution in [-0.4, -0.2) is 36.5 Å². The van der Waals surface area contributed by atoms with Crippen molar-refractivity contribution in [3.63, 3.8) is 0 Å². The molecule has 1 N–H and O–H groups in total. The van der Waals surface area contributed by atoms with Crippen LogP contribution in [0, 0.1) is 0 Å². The summed E-state index contributed by atoms with van der Waals surface area (Å²) in [4.78, 5) is 39.7. The lowest BCUT2D eigenvalue weighted by molar-refractivity contribution is -0.132. The summed E-state index contributed by atoms with van der Waals surface area (Å²) in [6.45, 7) is 2.36. The molecule has 35 heavy (non-hydrogen) atoms. The Hall–Kier alpha value is -3.91. The van der Waals surface area contributed by atoms with Crippen molar-refractivity contribution in [3.05, 3.63) is 99.5 Å². The average molecular weight is 536 g/mol. The molecule has 1 aliphatic heterocycles. The molecule has 3 aromatic rings. The van der Waals surface area contributed by atoms with Crippen LogP contribution in [0.1, 0.15) is 34.5 Å². The third-order valence-electron chi connectivity index (χ3n) is 5.64. The van der Waals surface area contributed by atoms with Crippen molar-refractivity contribution in [3.8, 4) is 5.75 Å². The maximum atomic E-state index is 13.2. The molecule has 4 rings (SSSR count). The predicted molar refractivity (Wildman–Crippen MR) is 134 cm³/mol. The maximum Gasteiger partial charge on any atom is 0.337 e. The van der Waals surface area contributed by atoms with Gasteiger partial charge >= 0.3 is 5.97 Å². The number of carbonyl (C=O) groups excluding carboxylic acids is 3. The molecule has 178 valence electrons. The average Bonchev–Trinajstić information content (AvgIpc) is 3.14. The van der Waals surface area contributed by atoms with Crippen LogP contribution in [-0.2, 0) is 14.3 Å². The fourth-order valence-electron chi connectivity index (χ4n) is 3.97. The smallest absolute Gasteiger partial charge is 0.337 e. The van der Waals surface area contributed by atoms with Crippen molar-refractivity contribution >= 4 is 45.0 Å². The molecule has 1 unspecified atom stereocenters. The van der Waals surface area contributed by atoms with Gasteiger partial charge in [0.1, 0.15) is 11.5 Å². The van der Waals surface area contributed by atoms with Gasteiger partial charge in [-0.15, -0.1) is 0 Å². The lowest BCUT2D eigenvalue weighted by atomic mass is 9.94. The van der Waals surface area contributed by atoms with E-state index < -0.39 is 23.7 Å². The zero-order valence-electron chi connectivity index (χ0n) is 19.0. The molecule has 3 aromatic carbocycles. The van der Waals surface area contributed by atoms with Crippen LogP contribution in [0.2, 0.25) is 0 Å². The first-order valence-corrected chi connectivity index (χ1v) is 11.6. The van der Waals surface area contributed by atoms with Gasteiger partial charge in [0.15, 0.2) is 0 Å². The minimum Gasteiger partial charge on any atom is -0.507 e. The highest BCUT2D eigenvalue weighted by atomic mass is 79.9. The minimum absolute atomic E-state index is 0.0482. The molecule has 7 nitrogen and oxygen atoms in total. The van der Waals surface area contributed by atoms with Crippen molar-refractivity contribution in [1.82, 2.24) is 0 Å². The summed E-state index contributed by atoms with van der Waals surface area (Å²) in [7, 11) is 1.29. The second kappa shape index (κ2) is 10.1. The highest BCUT2D eigenvalue weighted by molar-refractivity contribution is 9.10. The molecule has 0 spiro atoms. The molecule has 0 aromatic heterocycles. The fourth-order valence-corrected chi connectivity index (χ4v) is 4.23. The van der Waals surface area contributed by atoms with Gasteiger partial charge in [0.2, 0.25) is 0 Å². The number of carbonyl (C=O) groups is 3. The maximum absolute atomic E-state index is 13.2. The summed E-state index contributed by atoms with van der Waals surface area (Å²) in [5.41, 5.74) is 1.69. The quantitative estimate of drug-likeness (QED) is 0.200. The highest BCUT2D eigenvalue weighted by Gasteiger charge is 2.47. The number of hydrogen-bond donors (Lipinski definition) is 1. The molecule has 0 bridgehead atoms. The normalized spacial score (nSPS) is 16.9. The van der Waals surface area contributed by atoms with Crippen molar-refractivity contribution in [2.75, 3.05) is 18.6 Å². The number of Topliss-reactive ketones (excluding diaryl/α,β-unsaturated/α-hetero) is 1. The zero-order chi connectivity index (χ0) is 25.1. The van der Waals surface area contributed by atoms with E-state index in [0.29, 0.717) is 34.7 Å². The number of nitrogens with zero attached hydrogens (tertiary/aromatic N) is 1. The number of hydrogen-bond acceptors (Lipinski definition) is 6. The molecule has 1 aliphatic rings. The number of amides is 1. The van der Waals surface area contributed by atoms with Crippen molar-refractivity contribution in [2.45, 2.75) is 13.0 Å². The Morgan fingerprint density at radius 1 is 0.943 bits per heavy atom. The third-order valence-corrected chi connectivity index (χ3v) is 6.16. The van der Waals surface area contributed by atoms with E-state index in [-0.39, 0.29) is 11.3 Å². The van der Waals surface area contributed by atoms with Gasteiger partial charge in [-0.2, -0.15) is 0 Å². The summed E-state index contributed by atoms with van der Waals surface area (Å²) in [5.74, 6) is -1.75. The van der Waals surface area contributed by atoms with Gasteiger partial charge in [-0.05, 0) is 73.2 Å². The van der Waals surface area contributed by atoms with E-state index in [0.717, 1.165) is 4.47 Å². The Morgan fingerprint density at radius 3 is 2.11 bits per heavy atom. The number of aliphatic hydroxyl groups is 1. The minimum atomic E-state index is -0.908. The number of rotatable bonds is 6. The lowest BCUT2D eigenvalue weighted by Gasteiger charge is -2.25. The number of ether oxygens (including phenoxy) is 2. The molecule has 1 fully saturated rings. The number of esters is 1. The second-order valence-corrected chi connectivity index (χ2v) is 8.63. The van der Waals surface area contributed by atoms with Gasteiger partial charge < -0.3 is 14.6 Å². The van der Waals surface area contributed by atoms with E-state index in [9.17, 15) is 19.5 Å². The molecular weight excluding hydrogens is 514 g/mol. The van der Waals surface area contributed by atoms with Crippen LogP contribution < -0.4 is 9.64 Å². The summed E-state index contributed by atoms with van der Waals surface area (Å²) >= 11 is 3.38. The summed E-state index contributed by atoms with van der Waals surface area (Å²) < 4.78 is 11.0. The zero-order valence-corrected chi connectivity index (χ0v) is 20.6. The molecule has 1 amide bonds. The van der Waals surface area contributed by atoms with E-state index >= 15 is 0 Å². The summed E-state index contributed by atoms with van der Waals surface area (Å²) in [6.07, 6.45) is 0. The van der Waals surface area contributed by atoms with Crippen LogP contribution in [0.15, 0.2) is 82.8 Å². The number of ketones is 1. The fraction of sp³-hybridized carbons (Fsp3) is 0.148. The first-order valence-electron chi connectivity index (χ1n) is 10.8. The molecule has 1 heterocycles. The summed E-state index contributed by atoms with van der Waals surface area (Å²) in [5, 5.41) is 11.2. The third kappa shape index (κ3) is 4.70. The van der Waals surface area contributed by atoms with E-state index in [1.165, 1.54) is 12.0 Å². The molecule has 0 radical (unpaired) electrons. The first-order chi connectivity index (χ1) is 16.8. The number of benzene rings is 3. The highest BCUT2D eigenvalue weighted by Crippen LogP contribution is 2.42. The Labute approximate surface area is 210 Å². The number of anilines is 1. The molecular formula is C27H22BrNO6. The van der Waals surface area contributed by atoms with Crippen LogP contribution >= 0.6 is 15.9 Å². The Bertz CT molecular complexity index is 1300. The lowest BCUT2D eigenvalue weighted by Crippen LogP contribution is -2.29. The topological polar surface area (TPSA) is 93.1 Å². The monoisotopic (exact) mass is 535 g/mol. The Morgan fingerprint density at radius 2 is 1.54 bits per heavy atom. The number of aliphatic hydroxyl groups excluding tert-OH is 1. The van der Waals surface area contributed by atoms with Gasteiger partial charge in [-0.3, -0.25) is 14.5 Å². The van der Waals surface area contributed by atoms with Crippen LogP contribution in [0.3, 0.4) is 0 Å². The van der Waals surface area contributed by atoms with Gasteiger partial charge in [0, 0.05) is 15.7 Å². The number of halogens is 1. The van der Waals surface area contributed by atoms with E-state index in [2.05, 4.69) is 15.9 Å². The van der Waals surface area contributed by atoms with Crippen molar-refractivity contribution < 1.29 is 29.0 Å². The first kappa shape index (κ1) is 24.2. The molecule has 0 saturated carbocycles. The van der Waals surface area contributed by atoms with Crippen LogP contribution in [0.25, 0.3) is 5.76 Å². The van der Waals surface area contributed by atoms with Gasteiger partial charge in [-0.25, -0.2) is 4.79 Å². The van der Waals surface area contributed by atoms with E-state index in [4.69, 9.17) is 9.47 Å². The molecule has 1 saturated heterocycles. The Balaban J connectivity index is 1.87. The number of methoxy groups -OCH3 is 1. The second-order valence-electron chi connectivity index (χ2n) is 7.72. The molecule has 8 heteroatoms. The largest absolute Gasteiger partial charge is 0.507 e. The SMILES string of the molecule is CCOc1ccc(C(O)=C2C(=O)C(=O)N(c3ccc(Br)cc3)C2c2ccc(C(=O)OC)cc2)cc1. The predicted octanol–water partition coefficient (Wildman–Crippen LogP) is 5.26. The Kier molecular flexibility index (Phi) is 7.02. The van der Waals surface area contributed by atoms with Gasteiger partial charge in [0.05, 0.1) is 30.9 Å². The van der Waals surface area contributed by atoms with Crippen molar-refractivity contribution in [1.29, 1.82) is 0 Å².